The minimum absolute atomic E-state index is 0.0178. The lowest BCUT2D eigenvalue weighted by molar-refractivity contribution is -0.143. The van der Waals surface area contributed by atoms with Crippen molar-refractivity contribution in [2.24, 2.45) is 4.99 Å². The number of fused-ring (bicyclic) bond motifs is 1. The van der Waals surface area contributed by atoms with Gasteiger partial charge >= 0.3 is 5.97 Å². The molecule has 30 heavy (non-hydrogen) atoms. The topological polar surface area (TPSA) is 63.9 Å². The molecular weight excluding hydrogens is 398 g/mol. The van der Waals surface area contributed by atoms with Crippen molar-refractivity contribution < 1.29 is 14.3 Å². The Bertz CT molecular complexity index is 1110. The number of anilines is 1. The van der Waals surface area contributed by atoms with E-state index in [9.17, 15) is 9.59 Å². The summed E-state index contributed by atoms with van der Waals surface area (Å²) in [5, 5.41) is 0. The summed E-state index contributed by atoms with van der Waals surface area (Å²) in [6.07, 6.45) is 0. The summed E-state index contributed by atoms with van der Waals surface area (Å²) in [5.41, 5.74) is 3.56. The molecule has 0 aliphatic carbocycles. The maximum absolute atomic E-state index is 12.8. The Morgan fingerprint density at radius 2 is 1.77 bits per heavy atom. The number of aryl methyl sites for hydroxylation is 1. The second-order valence-corrected chi connectivity index (χ2v) is 7.89. The predicted molar refractivity (Wildman–Crippen MR) is 121 cm³/mol. The van der Waals surface area contributed by atoms with Crippen LogP contribution in [0.1, 0.15) is 36.7 Å². The van der Waals surface area contributed by atoms with Crippen LogP contribution in [0.2, 0.25) is 0 Å². The maximum atomic E-state index is 12.8. The zero-order valence-corrected chi connectivity index (χ0v) is 18.7. The molecule has 1 amide bonds. The predicted octanol–water partition coefficient (Wildman–Crippen LogP) is 4.16. The molecule has 0 saturated heterocycles. The van der Waals surface area contributed by atoms with Crippen LogP contribution in [0.15, 0.2) is 47.5 Å². The molecule has 7 heteroatoms. The molecule has 0 aliphatic heterocycles. The van der Waals surface area contributed by atoms with Crippen molar-refractivity contribution in [3.8, 4) is 0 Å². The fourth-order valence-corrected chi connectivity index (χ4v) is 4.44. The van der Waals surface area contributed by atoms with E-state index in [1.807, 2.05) is 37.3 Å². The molecule has 1 aromatic heterocycles. The molecule has 0 unspecified atom stereocenters. The first-order valence-corrected chi connectivity index (χ1v) is 11.0. The van der Waals surface area contributed by atoms with Crippen molar-refractivity contribution in [2.75, 3.05) is 24.6 Å². The van der Waals surface area contributed by atoms with Gasteiger partial charge in [0.25, 0.3) is 5.91 Å². The van der Waals surface area contributed by atoms with Gasteiger partial charge in [-0.1, -0.05) is 17.4 Å². The van der Waals surface area contributed by atoms with Gasteiger partial charge in [-0.15, -0.1) is 0 Å². The molecule has 0 N–H and O–H groups in total. The van der Waals surface area contributed by atoms with E-state index in [4.69, 9.17) is 4.74 Å². The number of carbonyl (C=O) groups excluding carboxylic acids is 2. The second-order valence-electron chi connectivity index (χ2n) is 6.88. The lowest BCUT2D eigenvalue weighted by atomic mass is 10.2. The first kappa shape index (κ1) is 21.8. The smallest absolute Gasteiger partial charge is 0.326 e. The Morgan fingerprint density at radius 3 is 2.40 bits per heavy atom. The third-order valence-electron chi connectivity index (χ3n) is 4.87. The van der Waals surface area contributed by atoms with E-state index in [1.54, 1.807) is 23.6 Å². The zero-order chi connectivity index (χ0) is 21.7. The van der Waals surface area contributed by atoms with Crippen LogP contribution >= 0.6 is 11.3 Å². The quantitative estimate of drug-likeness (QED) is 0.533. The molecule has 0 radical (unpaired) electrons. The Kier molecular flexibility index (Phi) is 7.05. The summed E-state index contributed by atoms with van der Waals surface area (Å²) in [6, 6.07) is 13.4. The van der Waals surface area contributed by atoms with Crippen molar-refractivity contribution in [1.29, 1.82) is 0 Å². The second kappa shape index (κ2) is 9.71. The van der Waals surface area contributed by atoms with Gasteiger partial charge in [0.05, 0.1) is 16.8 Å². The highest BCUT2D eigenvalue weighted by Gasteiger charge is 2.13. The third-order valence-corrected chi connectivity index (χ3v) is 5.91. The molecular formula is C23H27N3O3S. The number of nitrogens with zero attached hydrogens (tertiary/aromatic N) is 3. The third kappa shape index (κ3) is 4.79. The maximum Gasteiger partial charge on any atom is 0.326 e. The van der Waals surface area contributed by atoms with Gasteiger partial charge in [-0.3, -0.25) is 9.59 Å². The Balaban J connectivity index is 1.99. The molecule has 1 heterocycles. The Hall–Kier alpha value is -2.93. The highest BCUT2D eigenvalue weighted by Crippen LogP contribution is 2.20. The molecule has 3 rings (SSSR count). The normalized spacial score (nSPS) is 11.7. The SMILES string of the molecule is CCOC(=O)Cn1c(=NC(=O)c2ccc(N(CC)CC)cc2)sc2cc(C)ccc21. The number of rotatable bonds is 7. The largest absolute Gasteiger partial charge is 0.465 e. The number of carbonyl (C=O) groups is 2. The lowest BCUT2D eigenvalue weighted by Gasteiger charge is -2.20. The fraction of sp³-hybridized carbons (Fsp3) is 0.348. The summed E-state index contributed by atoms with van der Waals surface area (Å²) in [4.78, 5) is 32.0. The number of benzene rings is 2. The lowest BCUT2D eigenvalue weighted by Crippen LogP contribution is -2.23. The van der Waals surface area contributed by atoms with Crippen molar-refractivity contribution in [1.82, 2.24) is 4.57 Å². The molecule has 3 aromatic rings. The summed E-state index contributed by atoms with van der Waals surface area (Å²) in [5.74, 6) is -0.683. The molecule has 158 valence electrons. The average Bonchev–Trinajstić information content (AvgIpc) is 3.05. The van der Waals surface area contributed by atoms with Crippen molar-refractivity contribution >= 4 is 39.1 Å². The van der Waals surface area contributed by atoms with Crippen molar-refractivity contribution in [3.05, 3.63) is 58.4 Å². The fourth-order valence-electron chi connectivity index (χ4n) is 3.31. The first-order valence-electron chi connectivity index (χ1n) is 10.2. The molecule has 0 bridgehead atoms. The van der Waals surface area contributed by atoms with Crippen LogP contribution in [0.3, 0.4) is 0 Å². The summed E-state index contributed by atoms with van der Waals surface area (Å²) < 4.78 is 7.83. The number of aromatic nitrogens is 1. The summed E-state index contributed by atoms with van der Waals surface area (Å²) in [6.45, 7) is 10.1. The van der Waals surface area contributed by atoms with Crippen LogP contribution in [0.25, 0.3) is 10.2 Å². The van der Waals surface area contributed by atoms with Gasteiger partial charge in [-0.05, 0) is 69.7 Å². The van der Waals surface area contributed by atoms with E-state index in [2.05, 4.69) is 23.7 Å². The zero-order valence-electron chi connectivity index (χ0n) is 17.8. The van der Waals surface area contributed by atoms with Gasteiger partial charge in [0.15, 0.2) is 4.80 Å². The van der Waals surface area contributed by atoms with E-state index >= 15 is 0 Å². The van der Waals surface area contributed by atoms with Crippen LogP contribution in [0.4, 0.5) is 5.69 Å². The Labute approximate surface area is 180 Å². The van der Waals surface area contributed by atoms with E-state index in [-0.39, 0.29) is 18.4 Å². The monoisotopic (exact) mass is 425 g/mol. The van der Waals surface area contributed by atoms with Gasteiger partial charge in [0.2, 0.25) is 0 Å². The van der Waals surface area contributed by atoms with Crippen LogP contribution in [0, 0.1) is 6.92 Å². The molecule has 0 fully saturated rings. The number of ether oxygens (including phenoxy) is 1. The Morgan fingerprint density at radius 1 is 1.07 bits per heavy atom. The van der Waals surface area contributed by atoms with Gasteiger partial charge in [-0.2, -0.15) is 4.99 Å². The summed E-state index contributed by atoms with van der Waals surface area (Å²) in [7, 11) is 0. The number of thiazole rings is 1. The minimum atomic E-state index is -0.352. The van der Waals surface area contributed by atoms with Gasteiger partial charge in [-0.25, -0.2) is 0 Å². The number of hydrogen-bond donors (Lipinski definition) is 0. The van der Waals surface area contributed by atoms with Crippen LogP contribution < -0.4 is 9.70 Å². The summed E-state index contributed by atoms with van der Waals surface area (Å²) >= 11 is 1.40. The van der Waals surface area contributed by atoms with Crippen LogP contribution in [0.5, 0.6) is 0 Å². The standard InChI is InChI=1S/C23H27N3O3S/c1-5-25(6-2)18-11-9-17(10-12-18)22(28)24-23-26(15-21(27)29-7-3)19-13-8-16(4)14-20(19)30-23/h8-14H,5-7,15H2,1-4H3. The van der Waals surface area contributed by atoms with Crippen LogP contribution in [-0.4, -0.2) is 36.1 Å². The van der Waals surface area contributed by atoms with Crippen molar-refractivity contribution in [2.45, 2.75) is 34.2 Å². The highest BCUT2D eigenvalue weighted by molar-refractivity contribution is 7.16. The highest BCUT2D eigenvalue weighted by atomic mass is 32.1. The number of amides is 1. The van der Waals surface area contributed by atoms with Gasteiger partial charge < -0.3 is 14.2 Å². The van der Waals surface area contributed by atoms with E-state index < -0.39 is 0 Å². The minimum Gasteiger partial charge on any atom is -0.465 e. The average molecular weight is 426 g/mol. The molecule has 6 nitrogen and oxygen atoms in total. The molecule has 0 aliphatic rings. The molecule has 0 atom stereocenters. The van der Waals surface area contributed by atoms with E-state index in [1.165, 1.54) is 11.3 Å². The van der Waals surface area contributed by atoms with E-state index in [0.717, 1.165) is 34.6 Å². The number of hydrogen-bond acceptors (Lipinski definition) is 5. The molecule has 0 saturated carbocycles. The van der Waals surface area contributed by atoms with Crippen LogP contribution in [-0.2, 0) is 16.1 Å². The van der Waals surface area contributed by atoms with E-state index in [0.29, 0.717) is 17.0 Å². The van der Waals surface area contributed by atoms with Crippen molar-refractivity contribution in [3.63, 3.8) is 0 Å². The molecule has 2 aromatic carbocycles. The molecule has 0 spiro atoms. The van der Waals surface area contributed by atoms with Gasteiger partial charge in [0, 0.05) is 24.3 Å². The van der Waals surface area contributed by atoms with Gasteiger partial charge in [0.1, 0.15) is 6.54 Å². The first-order chi connectivity index (χ1) is 14.5. The number of esters is 1.